The van der Waals surface area contributed by atoms with E-state index >= 15 is 0 Å². The van der Waals surface area contributed by atoms with E-state index in [0.29, 0.717) is 16.9 Å². The van der Waals surface area contributed by atoms with Crippen molar-refractivity contribution < 1.29 is 17.8 Å². The number of pyridine rings is 2. The summed E-state index contributed by atoms with van der Waals surface area (Å²) in [6.45, 7) is 10.3. The molecule has 3 nitrogen and oxygen atoms in total. The molecule has 0 spiro atoms. The fraction of sp³-hybridized carbons (Fsp3) is 0.304. The molecule has 3 heterocycles. The lowest BCUT2D eigenvalue weighted by molar-refractivity contribution is -0.660. The monoisotopic (exact) mass is 381 g/mol. The number of benzene rings is 1. The van der Waals surface area contributed by atoms with Gasteiger partial charge in [0, 0.05) is 23.1 Å². The molecule has 0 aliphatic heterocycles. The summed E-state index contributed by atoms with van der Waals surface area (Å²) in [6.07, 6.45) is 2.09. The van der Waals surface area contributed by atoms with Gasteiger partial charge in [0.25, 0.3) is 0 Å². The lowest BCUT2D eigenvalue weighted by atomic mass is 9.93. The molecule has 0 bridgehead atoms. The molecule has 0 aliphatic carbocycles. The average Bonchev–Trinajstić information content (AvgIpc) is 2.95. The van der Waals surface area contributed by atoms with Crippen LogP contribution < -0.4 is 4.57 Å². The lowest BCUT2D eigenvalue weighted by Gasteiger charge is -2.13. The van der Waals surface area contributed by atoms with Gasteiger partial charge in [-0.15, -0.1) is 0 Å². The van der Waals surface area contributed by atoms with Crippen LogP contribution in [0.4, 0.5) is 8.78 Å². The highest BCUT2D eigenvalue weighted by molar-refractivity contribution is 6.10. The van der Waals surface area contributed by atoms with Crippen molar-refractivity contribution in [2.24, 2.45) is 7.05 Å². The molecule has 28 heavy (non-hydrogen) atoms. The van der Waals surface area contributed by atoms with Crippen LogP contribution in [0.1, 0.15) is 42.0 Å². The molecule has 0 saturated heterocycles. The Morgan fingerprint density at radius 1 is 0.964 bits per heavy atom. The molecule has 4 aromatic rings. The minimum Gasteiger partial charge on any atom is -0.437 e. The number of halogens is 2. The summed E-state index contributed by atoms with van der Waals surface area (Å²) in [5.74, 6) is -1.18. The topological polar surface area (TPSA) is 29.9 Å². The molecule has 5 heteroatoms. The maximum absolute atomic E-state index is 14.6. The van der Waals surface area contributed by atoms with Gasteiger partial charge in [0.15, 0.2) is 11.8 Å². The Hall–Kier alpha value is -2.82. The highest BCUT2D eigenvalue weighted by Crippen LogP contribution is 2.40. The van der Waals surface area contributed by atoms with Gasteiger partial charge in [0.2, 0.25) is 17.4 Å². The van der Waals surface area contributed by atoms with Gasteiger partial charge in [0.05, 0.1) is 10.9 Å². The Morgan fingerprint density at radius 3 is 2.36 bits per heavy atom. The molecule has 3 aromatic heterocycles. The predicted molar refractivity (Wildman–Crippen MR) is 106 cm³/mol. The quantitative estimate of drug-likeness (QED) is 0.324. The summed E-state index contributed by atoms with van der Waals surface area (Å²) < 4.78 is 36.2. The van der Waals surface area contributed by atoms with Crippen molar-refractivity contribution in [1.29, 1.82) is 0 Å². The van der Waals surface area contributed by atoms with Crippen molar-refractivity contribution in [3.05, 3.63) is 58.4 Å². The Labute approximate surface area is 162 Å². The van der Waals surface area contributed by atoms with E-state index in [2.05, 4.69) is 42.6 Å². The van der Waals surface area contributed by atoms with Gasteiger partial charge in [-0.2, -0.15) is 9.37 Å². The van der Waals surface area contributed by atoms with Crippen molar-refractivity contribution in [3.8, 4) is 11.3 Å². The van der Waals surface area contributed by atoms with Crippen LogP contribution in [0.2, 0.25) is 0 Å². The number of rotatable bonds is 2. The maximum atomic E-state index is 14.6. The summed E-state index contributed by atoms with van der Waals surface area (Å²) in [7, 11) is 1.98. The van der Waals surface area contributed by atoms with Crippen molar-refractivity contribution in [2.75, 3.05) is 0 Å². The van der Waals surface area contributed by atoms with Gasteiger partial charge in [-0.3, -0.25) is 0 Å². The zero-order valence-electron chi connectivity index (χ0n) is 16.9. The third-order valence-electron chi connectivity index (χ3n) is 5.42. The van der Waals surface area contributed by atoms with Crippen molar-refractivity contribution >= 4 is 22.1 Å². The summed E-state index contributed by atoms with van der Waals surface area (Å²) in [4.78, 5) is 3.78. The van der Waals surface area contributed by atoms with Gasteiger partial charge in [-0.05, 0) is 43.4 Å². The van der Waals surface area contributed by atoms with Crippen LogP contribution in [0.15, 0.2) is 28.8 Å². The first-order chi connectivity index (χ1) is 13.2. The molecule has 0 aliphatic rings. The van der Waals surface area contributed by atoms with E-state index in [-0.39, 0.29) is 11.1 Å². The molecule has 1 aromatic carbocycles. The van der Waals surface area contributed by atoms with E-state index in [1.165, 1.54) is 11.1 Å². The van der Waals surface area contributed by atoms with Crippen LogP contribution in [0.5, 0.6) is 0 Å². The SMILES string of the molecule is Cc1c[n+](C)c(-c2c(C)cc(C)c3c2oc2nc(F)cc(F)c23)cc1C(C)C. The minimum absolute atomic E-state index is 0.0127. The van der Waals surface area contributed by atoms with Gasteiger partial charge in [-0.1, -0.05) is 19.9 Å². The summed E-state index contributed by atoms with van der Waals surface area (Å²) >= 11 is 0. The first-order valence-electron chi connectivity index (χ1n) is 9.38. The third-order valence-corrected chi connectivity index (χ3v) is 5.42. The van der Waals surface area contributed by atoms with Gasteiger partial charge >= 0.3 is 0 Å². The fourth-order valence-corrected chi connectivity index (χ4v) is 4.21. The van der Waals surface area contributed by atoms with Crippen LogP contribution >= 0.6 is 0 Å². The minimum atomic E-state index is -0.886. The molecule has 0 radical (unpaired) electrons. The number of nitrogens with zero attached hydrogens (tertiary/aromatic N) is 2. The second-order valence-corrected chi connectivity index (χ2v) is 7.86. The van der Waals surface area contributed by atoms with E-state index in [1.54, 1.807) is 0 Å². The normalized spacial score (nSPS) is 11.9. The Balaban J connectivity index is 2.17. The predicted octanol–water partition coefficient (Wildman–Crippen LogP) is 5.80. The average molecular weight is 381 g/mol. The molecule has 0 amide bonds. The van der Waals surface area contributed by atoms with Crippen LogP contribution in [-0.4, -0.2) is 4.98 Å². The molecular formula is C23H23F2N2O+. The number of aromatic nitrogens is 2. The van der Waals surface area contributed by atoms with Crippen molar-refractivity contribution in [1.82, 2.24) is 4.98 Å². The second kappa shape index (κ2) is 6.36. The van der Waals surface area contributed by atoms with Crippen molar-refractivity contribution in [2.45, 2.75) is 40.5 Å². The molecule has 0 N–H and O–H groups in total. The van der Waals surface area contributed by atoms with E-state index in [9.17, 15) is 8.78 Å². The Bertz CT molecular complexity index is 1260. The van der Waals surface area contributed by atoms with E-state index in [1.807, 2.05) is 27.0 Å². The van der Waals surface area contributed by atoms with Gasteiger partial charge in [0.1, 0.15) is 12.9 Å². The second-order valence-electron chi connectivity index (χ2n) is 7.86. The zero-order chi connectivity index (χ0) is 20.3. The highest BCUT2D eigenvalue weighted by atomic mass is 19.1. The highest BCUT2D eigenvalue weighted by Gasteiger charge is 2.26. The largest absolute Gasteiger partial charge is 0.437 e. The van der Waals surface area contributed by atoms with E-state index in [0.717, 1.165) is 28.5 Å². The van der Waals surface area contributed by atoms with Gasteiger partial charge in [-0.25, -0.2) is 8.96 Å². The van der Waals surface area contributed by atoms with Crippen LogP contribution in [0, 0.1) is 32.5 Å². The summed E-state index contributed by atoms with van der Waals surface area (Å²) in [6, 6.07) is 4.98. The molecule has 144 valence electrons. The standard InChI is InChI=1S/C23H23F2N2O/c1-11(2)15-8-17(27(6)10-14(15)5)19-12(3)7-13(4)20-21-16(24)9-18(25)26-23(21)28-22(19)20/h7-11H,1-6H3/q+1. The number of aryl methyl sites for hydroxylation is 4. The van der Waals surface area contributed by atoms with Crippen LogP contribution in [0.3, 0.4) is 0 Å². The third kappa shape index (κ3) is 2.68. The summed E-state index contributed by atoms with van der Waals surface area (Å²) in [5, 5.41) is 0.876. The summed E-state index contributed by atoms with van der Waals surface area (Å²) in [5.41, 5.74) is 6.72. The van der Waals surface area contributed by atoms with Crippen molar-refractivity contribution in [3.63, 3.8) is 0 Å². The maximum Gasteiger partial charge on any atom is 0.232 e. The first kappa shape index (κ1) is 18.5. The molecule has 4 rings (SSSR count). The zero-order valence-corrected chi connectivity index (χ0v) is 16.9. The van der Waals surface area contributed by atoms with Gasteiger partial charge < -0.3 is 4.42 Å². The number of hydrogen-bond donors (Lipinski definition) is 0. The fourth-order valence-electron chi connectivity index (χ4n) is 4.21. The van der Waals surface area contributed by atoms with Crippen LogP contribution in [-0.2, 0) is 7.05 Å². The van der Waals surface area contributed by atoms with E-state index < -0.39 is 11.8 Å². The molecule has 0 unspecified atom stereocenters. The molecule has 0 fully saturated rings. The smallest absolute Gasteiger partial charge is 0.232 e. The lowest BCUT2D eigenvalue weighted by Crippen LogP contribution is -2.32. The molecule has 0 atom stereocenters. The first-order valence-corrected chi connectivity index (χ1v) is 9.38. The number of furan rings is 1. The molecule has 0 saturated carbocycles. The Morgan fingerprint density at radius 2 is 1.68 bits per heavy atom. The van der Waals surface area contributed by atoms with E-state index in [4.69, 9.17) is 4.42 Å². The Kier molecular flexibility index (Phi) is 4.21. The number of hydrogen-bond acceptors (Lipinski definition) is 2. The molecular weight excluding hydrogens is 358 g/mol. The van der Waals surface area contributed by atoms with Crippen LogP contribution in [0.25, 0.3) is 33.3 Å². The number of fused-ring (bicyclic) bond motifs is 3.